The highest BCUT2D eigenvalue weighted by Gasteiger charge is 2.14. The molecular weight excluding hydrogens is 164 g/mol. The summed E-state index contributed by atoms with van der Waals surface area (Å²) >= 11 is 0. The van der Waals surface area contributed by atoms with Crippen LogP contribution >= 0.6 is 0 Å². The van der Waals surface area contributed by atoms with Crippen LogP contribution in [0.25, 0.3) is 0 Å². The lowest BCUT2D eigenvalue weighted by atomic mass is 10.1. The van der Waals surface area contributed by atoms with Gasteiger partial charge in [0.15, 0.2) is 0 Å². The van der Waals surface area contributed by atoms with E-state index in [2.05, 4.69) is 43.3 Å². The topological polar surface area (TPSA) is 42.7 Å². The third-order valence-corrected chi connectivity index (χ3v) is 1.78. The number of hydrogen-bond donors (Lipinski definition) is 1. The first-order valence-corrected chi connectivity index (χ1v) is 4.66. The molecule has 0 bridgehead atoms. The molecule has 0 saturated carbocycles. The van der Waals surface area contributed by atoms with Crippen molar-refractivity contribution in [1.29, 1.82) is 0 Å². The zero-order valence-corrected chi connectivity index (χ0v) is 8.83. The maximum atomic E-state index is 4.07. The molecule has 0 aliphatic heterocycles. The van der Waals surface area contributed by atoms with Crippen molar-refractivity contribution in [3.05, 3.63) is 11.9 Å². The minimum Gasteiger partial charge on any atom is -0.311 e. The molecule has 0 aromatic carbocycles. The van der Waals surface area contributed by atoms with Gasteiger partial charge in [-0.2, -0.15) is 0 Å². The second-order valence-electron chi connectivity index (χ2n) is 4.11. The van der Waals surface area contributed by atoms with E-state index in [4.69, 9.17) is 0 Å². The van der Waals surface area contributed by atoms with Crippen LogP contribution in [0.4, 0.5) is 0 Å². The van der Waals surface area contributed by atoms with Gasteiger partial charge in [-0.25, -0.2) is 4.68 Å². The van der Waals surface area contributed by atoms with Crippen LogP contribution in [-0.4, -0.2) is 21.5 Å². The number of aromatic nitrogens is 3. The average molecular weight is 182 g/mol. The Morgan fingerprint density at radius 3 is 2.62 bits per heavy atom. The molecule has 0 radical (unpaired) electrons. The van der Waals surface area contributed by atoms with Gasteiger partial charge in [-0.1, -0.05) is 12.1 Å². The Bertz CT molecular complexity index is 259. The molecule has 1 aromatic heterocycles. The van der Waals surface area contributed by atoms with Crippen LogP contribution in [0, 0.1) is 0 Å². The number of nitrogens with zero attached hydrogens (tertiary/aromatic N) is 3. The summed E-state index contributed by atoms with van der Waals surface area (Å²) < 4.78 is 1.89. The number of nitrogens with one attached hydrogen (secondary N) is 1. The fraction of sp³-hybridized carbons (Fsp3) is 0.778. The minimum absolute atomic E-state index is 0.0253. The highest BCUT2D eigenvalue weighted by molar-refractivity contribution is 4.93. The van der Waals surface area contributed by atoms with E-state index < -0.39 is 0 Å². The van der Waals surface area contributed by atoms with Crippen LogP contribution in [0.2, 0.25) is 0 Å². The second-order valence-corrected chi connectivity index (χ2v) is 4.11. The van der Waals surface area contributed by atoms with Crippen molar-refractivity contribution in [2.24, 2.45) is 0 Å². The van der Waals surface area contributed by atoms with Gasteiger partial charge in [-0.15, -0.1) is 5.10 Å². The van der Waals surface area contributed by atoms with E-state index in [-0.39, 0.29) is 5.54 Å². The molecule has 0 saturated heterocycles. The fourth-order valence-electron chi connectivity index (χ4n) is 0.960. The van der Waals surface area contributed by atoms with Crippen molar-refractivity contribution in [1.82, 2.24) is 20.3 Å². The molecule has 1 heterocycles. The molecule has 0 aliphatic carbocycles. The molecule has 0 unspecified atom stereocenters. The van der Waals surface area contributed by atoms with Crippen molar-refractivity contribution < 1.29 is 0 Å². The molecule has 0 fully saturated rings. The van der Waals surface area contributed by atoms with Gasteiger partial charge in [0, 0.05) is 6.54 Å². The molecule has 1 aromatic rings. The maximum Gasteiger partial charge on any atom is 0.0965 e. The monoisotopic (exact) mass is 182 g/mol. The smallest absolute Gasteiger partial charge is 0.0965 e. The third kappa shape index (κ3) is 2.81. The molecule has 0 spiro atoms. The summed E-state index contributed by atoms with van der Waals surface area (Å²) in [6, 6.07) is 0. The SMILES string of the molecule is CCNCc1cn(C(C)(C)C)nn1. The summed E-state index contributed by atoms with van der Waals surface area (Å²) in [4.78, 5) is 0. The third-order valence-electron chi connectivity index (χ3n) is 1.78. The van der Waals surface area contributed by atoms with E-state index in [0.29, 0.717) is 0 Å². The molecule has 1 rings (SSSR count). The summed E-state index contributed by atoms with van der Waals surface area (Å²) in [5.41, 5.74) is 1.02. The summed E-state index contributed by atoms with van der Waals surface area (Å²) in [5.74, 6) is 0. The largest absolute Gasteiger partial charge is 0.311 e. The summed E-state index contributed by atoms with van der Waals surface area (Å²) in [6.07, 6.45) is 1.99. The van der Waals surface area contributed by atoms with Gasteiger partial charge in [0.05, 0.1) is 17.4 Å². The van der Waals surface area contributed by atoms with Gasteiger partial charge in [0.1, 0.15) is 0 Å². The number of rotatable bonds is 3. The lowest BCUT2D eigenvalue weighted by molar-refractivity contribution is 0.347. The fourth-order valence-corrected chi connectivity index (χ4v) is 0.960. The maximum absolute atomic E-state index is 4.07. The van der Waals surface area contributed by atoms with E-state index in [9.17, 15) is 0 Å². The normalized spacial score (nSPS) is 12.0. The van der Waals surface area contributed by atoms with Crippen LogP contribution in [-0.2, 0) is 12.1 Å². The first-order chi connectivity index (χ1) is 6.04. The van der Waals surface area contributed by atoms with Gasteiger partial charge in [-0.05, 0) is 27.3 Å². The quantitative estimate of drug-likeness (QED) is 0.762. The lowest BCUT2D eigenvalue weighted by Gasteiger charge is -2.17. The molecule has 0 aliphatic rings. The van der Waals surface area contributed by atoms with Crippen molar-refractivity contribution in [2.75, 3.05) is 6.54 Å². The predicted molar refractivity (Wildman–Crippen MR) is 52.4 cm³/mol. The van der Waals surface area contributed by atoms with E-state index in [1.807, 2.05) is 10.9 Å². The molecular formula is C9H18N4. The first kappa shape index (κ1) is 10.2. The standard InChI is InChI=1S/C9H18N4/c1-5-10-6-8-7-13(12-11-8)9(2,3)4/h7,10H,5-6H2,1-4H3. The van der Waals surface area contributed by atoms with Crippen LogP contribution in [0.5, 0.6) is 0 Å². The van der Waals surface area contributed by atoms with E-state index >= 15 is 0 Å². The molecule has 0 atom stereocenters. The van der Waals surface area contributed by atoms with Gasteiger partial charge < -0.3 is 5.32 Å². The Morgan fingerprint density at radius 1 is 1.46 bits per heavy atom. The molecule has 4 nitrogen and oxygen atoms in total. The van der Waals surface area contributed by atoms with E-state index in [1.54, 1.807) is 0 Å². The second kappa shape index (κ2) is 3.87. The van der Waals surface area contributed by atoms with Crippen LogP contribution < -0.4 is 5.32 Å². The Morgan fingerprint density at radius 2 is 2.15 bits per heavy atom. The molecule has 0 amide bonds. The summed E-state index contributed by atoms with van der Waals surface area (Å²) in [5, 5.41) is 11.4. The van der Waals surface area contributed by atoms with Gasteiger partial charge in [0.2, 0.25) is 0 Å². The summed E-state index contributed by atoms with van der Waals surface area (Å²) in [7, 11) is 0. The average Bonchev–Trinajstić information content (AvgIpc) is 2.47. The molecule has 74 valence electrons. The Hall–Kier alpha value is -0.900. The van der Waals surface area contributed by atoms with Crippen LogP contribution in [0.3, 0.4) is 0 Å². The highest BCUT2D eigenvalue weighted by atomic mass is 15.4. The molecule has 1 N–H and O–H groups in total. The lowest BCUT2D eigenvalue weighted by Crippen LogP contribution is -2.22. The first-order valence-electron chi connectivity index (χ1n) is 4.66. The van der Waals surface area contributed by atoms with Crippen molar-refractivity contribution in [3.8, 4) is 0 Å². The van der Waals surface area contributed by atoms with E-state index in [0.717, 1.165) is 18.8 Å². The Labute approximate surface area is 79.3 Å². The Balaban J connectivity index is 2.64. The van der Waals surface area contributed by atoms with Crippen molar-refractivity contribution in [2.45, 2.75) is 39.8 Å². The number of hydrogen-bond acceptors (Lipinski definition) is 3. The van der Waals surface area contributed by atoms with Crippen molar-refractivity contribution in [3.63, 3.8) is 0 Å². The molecule has 13 heavy (non-hydrogen) atoms. The predicted octanol–water partition coefficient (Wildman–Crippen LogP) is 1.14. The summed E-state index contributed by atoms with van der Waals surface area (Å²) in [6.45, 7) is 10.2. The van der Waals surface area contributed by atoms with Crippen LogP contribution in [0.15, 0.2) is 6.20 Å². The van der Waals surface area contributed by atoms with Gasteiger partial charge in [0.25, 0.3) is 0 Å². The zero-order chi connectivity index (χ0) is 9.90. The van der Waals surface area contributed by atoms with Gasteiger partial charge in [-0.3, -0.25) is 0 Å². The Kier molecular flexibility index (Phi) is 3.03. The van der Waals surface area contributed by atoms with Crippen LogP contribution in [0.1, 0.15) is 33.4 Å². The van der Waals surface area contributed by atoms with E-state index in [1.165, 1.54) is 0 Å². The minimum atomic E-state index is 0.0253. The zero-order valence-electron chi connectivity index (χ0n) is 8.83. The van der Waals surface area contributed by atoms with Crippen molar-refractivity contribution >= 4 is 0 Å². The molecule has 4 heteroatoms. The highest BCUT2D eigenvalue weighted by Crippen LogP contribution is 2.11. The van der Waals surface area contributed by atoms with Gasteiger partial charge >= 0.3 is 0 Å².